The zero-order chi connectivity index (χ0) is 14.2. The summed E-state index contributed by atoms with van der Waals surface area (Å²) in [4.78, 5) is 21.9. The van der Waals surface area contributed by atoms with Crippen molar-refractivity contribution in [2.45, 2.75) is 6.43 Å². The molecule has 19 heavy (non-hydrogen) atoms. The van der Waals surface area contributed by atoms with Crippen molar-refractivity contribution >= 4 is 28.7 Å². The Kier molecular flexibility index (Phi) is 3.03. The van der Waals surface area contributed by atoms with Gasteiger partial charge in [-0.2, -0.15) is 13.9 Å². The molecule has 0 bridgehead atoms. The second-order valence-electron chi connectivity index (χ2n) is 3.68. The predicted octanol–water partition coefficient (Wildman–Crippen LogP) is 0.219. The molecule has 0 atom stereocenters. The Morgan fingerprint density at radius 1 is 1.42 bits per heavy atom. The van der Waals surface area contributed by atoms with Crippen molar-refractivity contribution in [2.24, 2.45) is 5.73 Å². The summed E-state index contributed by atoms with van der Waals surface area (Å²) in [5.74, 6) is -2.20. The van der Waals surface area contributed by atoms with E-state index in [9.17, 15) is 18.4 Å². The molecule has 9 heteroatoms. The summed E-state index contributed by atoms with van der Waals surface area (Å²) in [6, 6.07) is 1.31. The first-order valence-corrected chi connectivity index (χ1v) is 5.06. The van der Waals surface area contributed by atoms with Gasteiger partial charge in [-0.3, -0.25) is 9.59 Å². The molecule has 2 heterocycles. The van der Waals surface area contributed by atoms with E-state index in [0.29, 0.717) is 0 Å². The number of aromatic nitrogens is 2. The van der Waals surface area contributed by atoms with Gasteiger partial charge in [0.1, 0.15) is 0 Å². The van der Waals surface area contributed by atoms with Gasteiger partial charge in [0.15, 0.2) is 0 Å². The number of hydrogen-bond donors (Lipinski definition) is 3. The average Bonchev–Trinajstić information content (AvgIpc) is 2.72. The molecule has 0 aromatic carbocycles. The fraction of sp³-hybridized carbons (Fsp3) is 0.100. The number of primary amides is 1. The van der Waals surface area contributed by atoms with E-state index in [1.807, 2.05) is 5.32 Å². The van der Waals surface area contributed by atoms with Crippen LogP contribution in [0.1, 0.15) is 10.4 Å². The van der Waals surface area contributed by atoms with Gasteiger partial charge in [-0.05, 0) is 6.07 Å². The highest BCUT2D eigenvalue weighted by Gasteiger charge is 2.17. The van der Waals surface area contributed by atoms with Gasteiger partial charge < -0.3 is 16.8 Å². The Hall–Kier alpha value is -2.71. The number of anilines is 2. The Balaban J connectivity index is 2.43. The quantitative estimate of drug-likeness (QED) is 0.739. The van der Waals surface area contributed by atoms with Crippen LogP contribution in [0.4, 0.5) is 20.2 Å². The second-order valence-corrected chi connectivity index (χ2v) is 3.68. The summed E-state index contributed by atoms with van der Waals surface area (Å²) < 4.78 is 25.4. The molecule has 2 rings (SSSR count). The lowest BCUT2D eigenvalue weighted by molar-refractivity contribution is -0.126. The van der Waals surface area contributed by atoms with Crippen molar-refractivity contribution in [3.63, 3.8) is 0 Å². The molecule has 2 amide bonds. The Morgan fingerprint density at radius 3 is 2.68 bits per heavy atom. The lowest BCUT2D eigenvalue weighted by Crippen LogP contribution is -2.19. The maximum absolute atomic E-state index is 12.1. The number of amides is 2. The summed E-state index contributed by atoms with van der Waals surface area (Å²) in [7, 11) is 0. The minimum atomic E-state index is -3.13. The molecular weight excluding hydrogens is 260 g/mol. The number of nitrogen functional groups attached to an aromatic ring is 1. The highest BCUT2D eigenvalue weighted by Crippen LogP contribution is 2.22. The maximum Gasteiger partial charge on any atom is 0.315 e. The van der Waals surface area contributed by atoms with Crippen molar-refractivity contribution in [1.82, 2.24) is 9.61 Å². The van der Waals surface area contributed by atoms with Gasteiger partial charge in [-0.25, -0.2) is 4.52 Å². The largest absolute Gasteiger partial charge is 0.396 e. The van der Waals surface area contributed by atoms with Crippen LogP contribution in [0.2, 0.25) is 0 Å². The van der Waals surface area contributed by atoms with E-state index in [1.165, 1.54) is 16.8 Å². The zero-order valence-electron chi connectivity index (χ0n) is 9.43. The van der Waals surface area contributed by atoms with Crippen LogP contribution in [0.25, 0.3) is 5.52 Å². The molecule has 0 unspecified atom stereocenters. The normalized spacial score (nSPS) is 10.9. The Labute approximate surface area is 105 Å². The molecule has 0 radical (unpaired) electrons. The second kappa shape index (κ2) is 4.52. The van der Waals surface area contributed by atoms with E-state index in [-0.39, 0.29) is 22.5 Å². The van der Waals surface area contributed by atoms with Crippen LogP contribution in [-0.4, -0.2) is 27.9 Å². The number of carbonyl (C=O) groups excluding carboxylic acids is 2. The fourth-order valence-electron chi connectivity index (χ4n) is 1.54. The lowest BCUT2D eigenvalue weighted by Gasteiger charge is -2.02. The number of nitrogens with two attached hydrogens (primary N) is 2. The van der Waals surface area contributed by atoms with E-state index in [2.05, 4.69) is 5.10 Å². The fourth-order valence-corrected chi connectivity index (χ4v) is 1.54. The molecule has 0 aliphatic rings. The van der Waals surface area contributed by atoms with Gasteiger partial charge in [0.25, 0.3) is 11.8 Å². The summed E-state index contributed by atoms with van der Waals surface area (Å²) in [5, 5.41) is 5.82. The number of rotatable bonds is 3. The van der Waals surface area contributed by atoms with Crippen molar-refractivity contribution in [1.29, 1.82) is 0 Å². The number of fused-ring (bicyclic) bond motifs is 1. The summed E-state index contributed by atoms with van der Waals surface area (Å²) in [6.07, 6.45) is -0.686. The van der Waals surface area contributed by atoms with Crippen molar-refractivity contribution in [2.75, 3.05) is 11.1 Å². The molecule has 2 aromatic rings. The number of halogens is 2. The highest BCUT2D eigenvalue weighted by atomic mass is 19.3. The predicted molar refractivity (Wildman–Crippen MR) is 62.8 cm³/mol. The summed E-state index contributed by atoms with van der Waals surface area (Å²) in [5.41, 5.74) is 11.2. The van der Waals surface area contributed by atoms with Crippen LogP contribution in [0.15, 0.2) is 18.5 Å². The number of hydrogen-bond acceptors (Lipinski definition) is 4. The Bertz CT molecular complexity index is 667. The zero-order valence-corrected chi connectivity index (χ0v) is 9.43. The van der Waals surface area contributed by atoms with E-state index >= 15 is 0 Å². The topological polar surface area (TPSA) is 116 Å². The van der Waals surface area contributed by atoms with Crippen LogP contribution in [0.5, 0.6) is 0 Å². The smallest absolute Gasteiger partial charge is 0.315 e. The van der Waals surface area contributed by atoms with E-state index < -0.39 is 18.2 Å². The molecule has 0 saturated heterocycles. The van der Waals surface area contributed by atoms with E-state index in [4.69, 9.17) is 11.5 Å². The third kappa shape index (κ3) is 2.30. The van der Waals surface area contributed by atoms with Gasteiger partial charge in [0.05, 0.1) is 34.8 Å². The number of alkyl halides is 2. The molecule has 0 saturated carbocycles. The number of carbonyl (C=O) groups is 2. The average molecular weight is 269 g/mol. The van der Waals surface area contributed by atoms with E-state index in [1.54, 1.807) is 0 Å². The lowest BCUT2D eigenvalue weighted by atomic mass is 10.2. The molecule has 0 aliphatic carbocycles. The van der Waals surface area contributed by atoms with Crippen LogP contribution in [-0.2, 0) is 4.79 Å². The summed E-state index contributed by atoms with van der Waals surface area (Å²) in [6.45, 7) is 0. The molecular formula is C10H9F2N5O2. The van der Waals surface area contributed by atoms with Gasteiger partial charge in [0, 0.05) is 0 Å². The molecule has 0 aliphatic heterocycles. The van der Waals surface area contributed by atoms with Crippen molar-refractivity contribution in [3.05, 3.63) is 24.0 Å². The van der Waals surface area contributed by atoms with Gasteiger partial charge in [-0.1, -0.05) is 0 Å². The SMILES string of the molecule is NC(=O)c1cnn2cc(NC(=O)C(F)F)cc2c1N. The van der Waals surface area contributed by atoms with Crippen LogP contribution in [0.3, 0.4) is 0 Å². The standard InChI is InChI=1S/C10H9F2N5O2/c11-8(12)10(19)16-4-1-6-7(13)5(9(14)18)2-15-17(6)3-4/h1-3,8H,13H2,(H2,14,18)(H,16,19). The first kappa shape index (κ1) is 12.7. The van der Waals surface area contributed by atoms with Gasteiger partial charge >= 0.3 is 6.43 Å². The minimum Gasteiger partial charge on any atom is -0.396 e. The third-order valence-electron chi connectivity index (χ3n) is 2.41. The van der Waals surface area contributed by atoms with Crippen LogP contribution < -0.4 is 16.8 Å². The number of nitrogens with zero attached hydrogens (tertiary/aromatic N) is 2. The van der Waals surface area contributed by atoms with Crippen LogP contribution >= 0.6 is 0 Å². The number of nitrogens with one attached hydrogen (secondary N) is 1. The molecule has 0 fully saturated rings. The monoisotopic (exact) mass is 269 g/mol. The molecule has 7 nitrogen and oxygen atoms in total. The van der Waals surface area contributed by atoms with Crippen molar-refractivity contribution < 1.29 is 18.4 Å². The van der Waals surface area contributed by atoms with Gasteiger partial charge in [0.2, 0.25) is 0 Å². The summed E-state index contributed by atoms with van der Waals surface area (Å²) >= 11 is 0. The first-order chi connectivity index (χ1) is 8.90. The maximum atomic E-state index is 12.1. The molecule has 100 valence electrons. The highest BCUT2D eigenvalue weighted by molar-refractivity contribution is 6.02. The Morgan fingerprint density at radius 2 is 2.11 bits per heavy atom. The van der Waals surface area contributed by atoms with Crippen LogP contribution in [0, 0.1) is 0 Å². The van der Waals surface area contributed by atoms with Crippen molar-refractivity contribution in [3.8, 4) is 0 Å². The molecule has 2 aromatic heterocycles. The first-order valence-electron chi connectivity index (χ1n) is 5.06. The minimum absolute atomic E-state index is 0.0114. The third-order valence-corrected chi connectivity index (χ3v) is 2.41. The molecule has 0 spiro atoms. The van der Waals surface area contributed by atoms with E-state index in [0.717, 1.165) is 6.20 Å². The molecule has 5 N–H and O–H groups in total. The van der Waals surface area contributed by atoms with Gasteiger partial charge in [-0.15, -0.1) is 0 Å².